The molecule has 6 heteroatoms. The van der Waals surface area contributed by atoms with Gasteiger partial charge in [-0.15, -0.1) is 0 Å². The smallest absolute Gasteiger partial charge is 0.251 e. The van der Waals surface area contributed by atoms with Crippen LogP contribution in [-0.4, -0.2) is 20.2 Å². The second kappa shape index (κ2) is 5.15. The van der Waals surface area contributed by atoms with Crippen molar-refractivity contribution < 1.29 is 12.8 Å². The molecule has 1 aromatic carbocycles. The van der Waals surface area contributed by atoms with Crippen molar-refractivity contribution in [3.05, 3.63) is 30.1 Å². The summed E-state index contributed by atoms with van der Waals surface area (Å²) in [5.41, 5.74) is 0.357. The number of halogens is 1. The van der Waals surface area contributed by atoms with Crippen molar-refractivity contribution in [3.63, 3.8) is 0 Å². The molecule has 0 radical (unpaired) electrons. The number of anilines is 1. The molecule has 4 nitrogen and oxygen atoms in total. The molecular weight excluding hydrogens is 243 g/mol. The predicted octanol–water partition coefficient (Wildman–Crippen LogP) is 1.89. The van der Waals surface area contributed by atoms with Crippen LogP contribution < -0.4 is 4.31 Å². The molecule has 1 aromatic rings. The number of hydrogen-bond donors (Lipinski definition) is 0. The average molecular weight is 256 g/mol. The Morgan fingerprint density at radius 1 is 1.41 bits per heavy atom. The molecule has 1 atom stereocenters. The van der Waals surface area contributed by atoms with Crippen molar-refractivity contribution in [1.29, 1.82) is 5.26 Å². The summed E-state index contributed by atoms with van der Waals surface area (Å²) < 4.78 is 37.8. The van der Waals surface area contributed by atoms with Crippen LogP contribution in [0, 0.1) is 17.1 Å². The van der Waals surface area contributed by atoms with Crippen LogP contribution in [0.2, 0.25) is 0 Å². The fourth-order valence-corrected chi connectivity index (χ4v) is 2.66. The lowest BCUT2D eigenvalue weighted by Crippen LogP contribution is -2.36. The Hall–Kier alpha value is -1.61. The molecule has 0 aliphatic rings. The summed E-state index contributed by atoms with van der Waals surface area (Å²) in [6.45, 7) is 3.17. The van der Waals surface area contributed by atoms with E-state index in [0.717, 1.165) is 4.31 Å². The maximum absolute atomic E-state index is 12.8. The predicted molar refractivity (Wildman–Crippen MR) is 63.4 cm³/mol. The van der Waals surface area contributed by atoms with Gasteiger partial charge in [-0.05, 0) is 38.1 Å². The molecule has 92 valence electrons. The molecule has 17 heavy (non-hydrogen) atoms. The summed E-state index contributed by atoms with van der Waals surface area (Å²) in [6, 6.07) is 6.82. The van der Waals surface area contributed by atoms with E-state index >= 15 is 0 Å². The van der Waals surface area contributed by atoms with E-state index in [4.69, 9.17) is 5.26 Å². The van der Waals surface area contributed by atoms with Crippen molar-refractivity contribution in [2.75, 3.05) is 10.8 Å². The molecule has 0 bridgehead atoms. The molecule has 0 spiro atoms. The summed E-state index contributed by atoms with van der Waals surface area (Å²) in [5, 5.41) is 7.56. The molecule has 1 unspecified atom stereocenters. The van der Waals surface area contributed by atoms with E-state index in [1.165, 1.54) is 31.2 Å². The minimum atomic E-state index is -3.72. The maximum atomic E-state index is 12.8. The molecule has 0 aromatic heterocycles. The highest BCUT2D eigenvalue weighted by Crippen LogP contribution is 2.20. The van der Waals surface area contributed by atoms with Crippen LogP contribution >= 0.6 is 0 Å². The third kappa shape index (κ3) is 2.74. The van der Waals surface area contributed by atoms with Gasteiger partial charge >= 0.3 is 0 Å². The van der Waals surface area contributed by atoms with Crippen molar-refractivity contribution in [3.8, 4) is 6.07 Å². The Morgan fingerprint density at radius 2 is 1.94 bits per heavy atom. The van der Waals surface area contributed by atoms with Gasteiger partial charge in [-0.3, -0.25) is 4.31 Å². The number of rotatable bonds is 4. The first-order chi connectivity index (χ1) is 7.93. The quantitative estimate of drug-likeness (QED) is 0.826. The average Bonchev–Trinajstić information content (AvgIpc) is 2.31. The van der Waals surface area contributed by atoms with Crippen LogP contribution in [0.4, 0.5) is 10.1 Å². The lowest BCUT2D eigenvalue weighted by molar-refractivity contribution is 0.587. The molecule has 0 aliphatic carbocycles. The Bertz CT molecular complexity index is 519. The van der Waals surface area contributed by atoms with Gasteiger partial charge in [0, 0.05) is 6.54 Å². The first-order valence-corrected chi connectivity index (χ1v) is 6.60. The van der Waals surface area contributed by atoms with E-state index in [0.29, 0.717) is 5.69 Å². The zero-order valence-electron chi connectivity index (χ0n) is 9.59. The van der Waals surface area contributed by atoms with Gasteiger partial charge in [0.15, 0.2) is 5.25 Å². The summed E-state index contributed by atoms with van der Waals surface area (Å²) >= 11 is 0. The number of nitriles is 1. The Balaban J connectivity index is 3.17. The first-order valence-electron chi connectivity index (χ1n) is 5.10. The standard InChI is InChI=1S/C11H13FN2O2S/c1-3-14(17(15,16)9(2)8-13)11-6-4-10(12)5-7-11/h4-7,9H,3H2,1-2H3. The van der Waals surface area contributed by atoms with Gasteiger partial charge in [0.25, 0.3) is 10.0 Å². The monoisotopic (exact) mass is 256 g/mol. The number of nitrogens with zero attached hydrogens (tertiary/aromatic N) is 2. The third-order valence-electron chi connectivity index (χ3n) is 2.34. The molecule has 1 rings (SSSR count). The molecule has 0 heterocycles. The summed E-state index contributed by atoms with van der Waals surface area (Å²) in [7, 11) is -3.72. The van der Waals surface area contributed by atoms with E-state index < -0.39 is 21.1 Å². The van der Waals surface area contributed by atoms with E-state index in [1.807, 2.05) is 0 Å². The largest absolute Gasteiger partial charge is 0.269 e. The number of sulfonamides is 1. The molecule has 0 amide bonds. The van der Waals surface area contributed by atoms with E-state index in [1.54, 1.807) is 13.0 Å². The van der Waals surface area contributed by atoms with Gasteiger partial charge in [0.05, 0.1) is 11.8 Å². The normalized spacial score (nSPS) is 12.8. The van der Waals surface area contributed by atoms with Gasteiger partial charge in [0.1, 0.15) is 5.82 Å². The SMILES string of the molecule is CCN(c1ccc(F)cc1)S(=O)(=O)C(C)C#N. The molecule has 0 saturated heterocycles. The van der Waals surface area contributed by atoms with Crippen molar-refractivity contribution >= 4 is 15.7 Å². The van der Waals surface area contributed by atoms with Crippen LogP contribution in [0.25, 0.3) is 0 Å². The van der Waals surface area contributed by atoms with Crippen LogP contribution in [0.3, 0.4) is 0 Å². The zero-order valence-corrected chi connectivity index (χ0v) is 10.4. The minimum absolute atomic E-state index is 0.194. The van der Waals surface area contributed by atoms with Crippen LogP contribution in [-0.2, 0) is 10.0 Å². The third-order valence-corrected chi connectivity index (χ3v) is 4.42. The second-order valence-electron chi connectivity index (χ2n) is 3.46. The summed E-state index contributed by atoms with van der Waals surface area (Å²) in [4.78, 5) is 0. The fraction of sp³-hybridized carbons (Fsp3) is 0.364. The number of benzene rings is 1. The van der Waals surface area contributed by atoms with Crippen LogP contribution in [0.1, 0.15) is 13.8 Å². The van der Waals surface area contributed by atoms with Gasteiger partial charge in [-0.2, -0.15) is 5.26 Å². The van der Waals surface area contributed by atoms with E-state index in [-0.39, 0.29) is 6.54 Å². The highest BCUT2D eigenvalue weighted by atomic mass is 32.2. The van der Waals surface area contributed by atoms with E-state index in [9.17, 15) is 12.8 Å². The highest BCUT2D eigenvalue weighted by molar-refractivity contribution is 7.93. The first kappa shape index (κ1) is 13.5. The van der Waals surface area contributed by atoms with E-state index in [2.05, 4.69) is 0 Å². The molecule has 0 saturated carbocycles. The Kier molecular flexibility index (Phi) is 4.07. The van der Waals surface area contributed by atoms with Crippen molar-refractivity contribution in [2.24, 2.45) is 0 Å². The molecule has 0 N–H and O–H groups in total. The fourth-order valence-electron chi connectivity index (χ4n) is 1.37. The lowest BCUT2D eigenvalue weighted by Gasteiger charge is -2.23. The lowest BCUT2D eigenvalue weighted by atomic mass is 10.3. The van der Waals surface area contributed by atoms with Crippen LogP contribution in [0.15, 0.2) is 24.3 Å². The maximum Gasteiger partial charge on any atom is 0.251 e. The van der Waals surface area contributed by atoms with Gasteiger partial charge in [0.2, 0.25) is 0 Å². The summed E-state index contributed by atoms with van der Waals surface area (Å²) in [5.74, 6) is -0.435. The molecule has 0 aliphatic heterocycles. The van der Waals surface area contributed by atoms with Crippen LogP contribution in [0.5, 0.6) is 0 Å². The molecular formula is C11H13FN2O2S. The van der Waals surface area contributed by atoms with Crippen molar-refractivity contribution in [1.82, 2.24) is 0 Å². The minimum Gasteiger partial charge on any atom is -0.269 e. The summed E-state index contributed by atoms with van der Waals surface area (Å²) in [6.07, 6.45) is 0. The Labute approximate surface area is 100 Å². The van der Waals surface area contributed by atoms with Gasteiger partial charge in [-0.25, -0.2) is 12.8 Å². The molecule has 0 fully saturated rings. The van der Waals surface area contributed by atoms with Crippen molar-refractivity contribution in [2.45, 2.75) is 19.1 Å². The highest BCUT2D eigenvalue weighted by Gasteiger charge is 2.27. The topological polar surface area (TPSA) is 61.2 Å². The number of hydrogen-bond acceptors (Lipinski definition) is 3. The Morgan fingerprint density at radius 3 is 2.35 bits per heavy atom. The van der Waals surface area contributed by atoms with Gasteiger partial charge < -0.3 is 0 Å². The van der Waals surface area contributed by atoms with Gasteiger partial charge in [-0.1, -0.05) is 0 Å². The zero-order chi connectivity index (χ0) is 13.1. The second-order valence-corrected chi connectivity index (χ2v) is 5.64.